The van der Waals surface area contributed by atoms with Crippen LogP contribution in [-0.2, 0) is 7.05 Å². The van der Waals surface area contributed by atoms with Crippen molar-refractivity contribution in [2.24, 2.45) is 7.05 Å². The van der Waals surface area contributed by atoms with E-state index in [0.29, 0.717) is 22.7 Å². The number of nitro groups is 1. The molecule has 0 spiro atoms. The van der Waals surface area contributed by atoms with E-state index in [1.54, 1.807) is 18.7 Å². The summed E-state index contributed by atoms with van der Waals surface area (Å²) >= 11 is 1.30. The Morgan fingerprint density at radius 1 is 1.27 bits per heavy atom. The molecular weight excluding hydrogens is 304 g/mol. The van der Waals surface area contributed by atoms with Gasteiger partial charge in [-0.1, -0.05) is 0 Å². The minimum Gasteiger partial charge on any atom is -0.302 e. The highest BCUT2D eigenvalue weighted by atomic mass is 32.2. The first kappa shape index (κ1) is 13.7. The molecule has 22 heavy (non-hydrogen) atoms. The fourth-order valence-electron chi connectivity index (χ4n) is 2.69. The maximum Gasteiger partial charge on any atom is 0.324 e. The smallest absolute Gasteiger partial charge is 0.302 e. The van der Waals surface area contributed by atoms with E-state index < -0.39 is 0 Å². The standard InChI is InChI=1S/C13H16N6O2S/c1-7-10(19(20)21)12(17(2)16-7)22-13-15-14-11(8-3-4-8)18(13)9-5-6-9/h8-9H,3-6H2,1-2H3. The van der Waals surface area contributed by atoms with Gasteiger partial charge in [-0.2, -0.15) is 5.10 Å². The lowest BCUT2D eigenvalue weighted by atomic mass is 10.4. The summed E-state index contributed by atoms with van der Waals surface area (Å²) in [6.45, 7) is 1.66. The minimum atomic E-state index is -0.371. The van der Waals surface area contributed by atoms with Crippen molar-refractivity contribution >= 4 is 17.4 Å². The van der Waals surface area contributed by atoms with Crippen LogP contribution in [-0.4, -0.2) is 29.5 Å². The van der Waals surface area contributed by atoms with Crippen molar-refractivity contribution < 1.29 is 4.92 Å². The largest absolute Gasteiger partial charge is 0.324 e. The highest BCUT2D eigenvalue weighted by molar-refractivity contribution is 7.99. The van der Waals surface area contributed by atoms with Crippen LogP contribution in [0.1, 0.15) is 49.2 Å². The molecule has 0 atom stereocenters. The maximum absolute atomic E-state index is 11.3. The second-order valence-electron chi connectivity index (χ2n) is 5.94. The predicted octanol–water partition coefficient (Wildman–Crippen LogP) is 2.59. The number of aryl methyl sites for hydroxylation is 2. The van der Waals surface area contributed by atoms with Crippen LogP contribution in [0.4, 0.5) is 5.69 Å². The molecule has 2 saturated carbocycles. The van der Waals surface area contributed by atoms with Crippen molar-refractivity contribution in [1.82, 2.24) is 24.5 Å². The normalized spacial score (nSPS) is 17.9. The summed E-state index contributed by atoms with van der Waals surface area (Å²) in [6, 6.07) is 0.460. The second kappa shape index (κ2) is 4.80. The Hall–Kier alpha value is -1.90. The molecule has 2 aromatic rings. The highest BCUT2D eigenvalue weighted by Crippen LogP contribution is 2.47. The molecule has 8 nitrogen and oxygen atoms in total. The topological polar surface area (TPSA) is 91.7 Å². The Bertz CT molecular complexity index is 759. The van der Waals surface area contributed by atoms with Gasteiger partial charge >= 0.3 is 5.69 Å². The summed E-state index contributed by atoms with van der Waals surface area (Å²) in [5.74, 6) is 1.57. The van der Waals surface area contributed by atoms with Crippen LogP contribution in [0.15, 0.2) is 10.2 Å². The Morgan fingerprint density at radius 3 is 2.59 bits per heavy atom. The predicted molar refractivity (Wildman–Crippen MR) is 79.0 cm³/mol. The third kappa shape index (κ3) is 2.20. The van der Waals surface area contributed by atoms with Gasteiger partial charge in [-0.3, -0.25) is 14.8 Å². The van der Waals surface area contributed by atoms with Crippen LogP contribution in [0.25, 0.3) is 0 Å². The van der Waals surface area contributed by atoms with E-state index >= 15 is 0 Å². The molecule has 4 rings (SSSR count). The molecule has 0 aromatic carbocycles. The van der Waals surface area contributed by atoms with Crippen molar-refractivity contribution in [2.45, 2.75) is 54.7 Å². The van der Waals surface area contributed by atoms with Crippen molar-refractivity contribution in [3.05, 3.63) is 21.6 Å². The second-order valence-corrected chi connectivity index (χ2v) is 6.89. The lowest BCUT2D eigenvalue weighted by molar-refractivity contribution is -0.388. The number of nitrogens with zero attached hydrogens (tertiary/aromatic N) is 6. The molecule has 2 aromatic heterocycles. The zero-order chi connectivity index (χ0) is 15.4. The average molecular weight is 320 g/mol. The number of rotatable bonds is 5. The van der Waals surface area contributed by atoms with Gasteiger partial charge in [-0.25, -0.2) is 0 Å². The molecule has 2 aliphatic rings. The highest BCUT2D eigenvalue weighted by Gasteiger charge is 2.37. The lowest BCUT2D eigenvalue weighted by Crippen LogP contribution is -2.03. The maximum atomic E-state index is 11.3. The Morgan fingerprint density at radius 2 is 2.00 bits per heavy atom. The molecule has 2 heterocycles. The van der Waals surface area contributed by atoms with Crippen molar-refractivity contribution in [3.63, 3.8) is 0 Å². The molecule has 0 amide bonds. The first-order valence-electron chi connectivity index (χ1n) is 7.37. The SMILES string of the molecule is Cc1nn(C)c(Sc2nnc(C3CC3)n2C2CC2)c1[N+](=O)[O-]. The summed E-state index contributed by atoms with van der Waals surface area (Å²) < 4.78 is 3.75. The van der Waals surface area contributed by atoms with Gasteiger partial charge in [-0.05, 0) is 44.4 Å². The van der Waals surface area contributed by atoms with Crippen molar-refractivity contribution in [3.8, 4) is 0 Å². The summed E-state index contributed by atoms with van der Waals surface area (Å²) in [6.07, 6.45) is 4.61. The molecular formula is C13H16N6O2S. The van der Waals surface area contributed by atoms with E-state index in [1.807, 2.05) is 0 Å². The molecule has 0 N–H and O–H groups in total. The molecule has 0 bridgehead atoms. The van der Waals surface area contributed by atoms with E-state index in [9.17, 15) is 10.1 Å². The van der Waals surface area contributed by atoms with Gasteiger partial charge in [-0.15, -0.1) is 10.2 Å². The van der Waals surface area contributed by atoms with Crippen LogP contribution in [0.3, 0.4) is 0 Å². The summed E-state index contributed by atoms with van der Waals surface area (Å²) in [5, 5.41) is 25.4. The van der Waals surface area contributed by atoms with E-state index in [-0.39, 0.29) is 10.6 Å². The van der Waals surface area contributed by atoms with Crippen molar-refractivity contribution in [1.29, 1.82) is 0 Å². The summed E-state index contributed by atoms with van der Waals surface area (Å²) in [7, 11) is 1.72. The zero-order valence-electron chi connectivity index (χ0n) is 12.4. The van der Waals surface area contributed by atoms with Crippen LogP contribution in [0.5, 0.6) is 0 Å². The molecule has 9 heteroatoms. The number of hydrogen-bond donors (Lipinski definition) is 0. The van der Waals surface area contributed by atoms with Gasteiger partial charge in [0.1, 0.15) is 11.5 Å². The Balaban J connectivity index is 1.74. The third-order valence-electron chi connectivity index (χ3n) is 4.06. The van der Waals surface area contributed by atoms with E-state index in [4.69, 9.17) is 0 Å². The fraction of sp³-hybridized carbons (Fsp3) is 0.615. The van der Waals surface area contributed by atoms with Gasteiger partial charge in [0.25, 0.3) is 0 Å². The van der Waals surface area contributed by atoms with Gasteiger partial charge < -0.3 is 4.57 Å². The van der Waals surface area contributed by atoms with Gasteiger partial charge in [0, 0.05) is 19.0 Å². The first-order chi connectivity index (χ1) is 10.6. The molecule has 116 valence electrons. The molecule has 0 radical (unpaired) electrons. The summed E-state index contributed by atoms with van der Waals surface area (Å²) in [4.78, 5) is 10.9. The monoisotopic (exact) mass is 320 g/mol. The fourth-order valence-corrected chi connectivity index (χ4v) is 3.78. The molecule has 2 aliphatic carbocycles. The van der Waals surface area contributed by atoms with Crippen LogP contribution < -0.4 is 0 Å². The average Bonchev–Trinajstić information content (AvgIpc) is 3.37. The third-order valence-corrected chi connectivity index (χ3v) is 5.17. The van der Waals surface area contributed by atoms with Gasteiger partial charge in [0.15, 0.2) is 10.2 Å². The first-order valence-corrected chi connectivity index (χ1v) is 8.18. The van der Waals surface area contributed by atoms with E-state index in [2.05, 4.69) is 19.9 Å². The lowest BCUT2D eigenvalue weighted by Gasteiger charge is -2.07. The van der Waals surface area contributed by atoms with Crippen LogP contribution >= 0.6 is 11.8 Å². The molecule has 2 fully saturated rings. The molecule has 0 aliphatic heterocycles. The van der Waals surface area contributed by atoms with E-state index in [1.165, 1.54) is 24.6 Å². The van der Waals surface area contributed by atoms with Crippen LogP contribution in [0, 0.1) is 17.0 Å². The molecule has 0 unspecified atom stereocenters. The Kier molecular flexibility index (Phi) is 3.00. The quantitative estimate of drug-likeness (QED) is 0.621. The molecule has 0 saturated heterocycles. The Labute approximate surface area is 131 Å². The minimum absolute atomic E-state index is 0.0609. The van der Waals surface area contributed by atoms with Crippen LogP contribution in [0.2, 0.25) is 0 Å². The zero-order valence-corrected chi connectivity index (χ0v) is 13.2. The summed E-state index contributed by atoms with van der Waals surface area (Å²) in [5.41, 5.74) is 0.487. The van der Waals surface area contributed by atoms with Crippen molar-refractivity contribution in [2.75, 3.05) is 0 Å². The number of hydrogen-bond acceptors (Lipinski definition) is 6. The van der Waals surface area contributed by atoms with Gasteiger partial charge in [0.05, 0.1) is 4.92 Å². The van der Waals surface area contributed by atoms with Gasteiger partial charge in [0.2, 0.25) is 0 Å². The number of aromatic nitrogens is 5. The van der Waals surface area contributed by atoms with E-state index in [0.717, 1.165) is 23.8 Å².